The quantitative estimate of drug-likeness (QED) is 0.733. The molecule has 0 saturated heterocycles. The second-order valence-electron chi connectivity index (χ2n) is 6.32. The van der Waals surface area contributed by atoms with Gasteiger partial charge in [0.05, 0.1) is 0 Å². The molecule has 0 atom stereocenters. The summed E-state index contributed by atoms with van der Waals surface area (Å²) in [6.45, 7) is 2.33. The van der Waals surface area contributed by atoms with Crippen LogP contribution in [0.5, 0.6) is 0 Å². The summed E-state index contributed by atoms with van der Waals surface area (Å²) in [6.07, 6.45) is 18.3. The van der Waals surface area contributed by atoms with Gasteiger partial charge in [0.25, 0.3) is 0 Å². The van der Waals surface area contributed by atoms with Crippen molar-refractivity contribution in [2.45, 2.75) is 84.0 Å². The zero-order valence-corrected chi connectivity index (χ0v) is 12.7. The lowest BCUT2D eigenvalue weighted by atomic mass is 9.70. The van der Waals surface area contributed by atoms with Crippen LogP contribution in [-0.4, -0.2) is 12.2 Å². The van der Waals surface area contributed by atoms with Crippen molar-refractivity contribution in [2.24, 2.45) is 17.8 Å². The van der Waals surface area contributed by atoms with Crippen molar-refractivity contribution in [3.8, 4) is 0 Å². The van der Waals surface area contributed by atoms with Crippen molar-refractivity contribution >= 4 is 0 Å². The second kappa shape index (κ2) is 9.83. The minimum absolute atomic E-state index is 1.00. The van der Waals surface area contributed by atoms with Crippen LogP contribution in [0.25, 0.3) is 0 Å². The Labute approximate surface area is 114 Å². The molecule has 0 bridgehead atoms. The minimum atomic E-state index is 1.00. The molecule has 0 spiro atoms. The van der Waals surface area contributed by atoms with Gasteiger partial charge in [-0.2, -0.15) is 0 Å². The molecule has 108 valence electrons. The number of hydrogen-bond acceptors (Lipinski definition) is 1. The first-order chi connectivity index (χ1) is 8.90. The van der Waals surface area contributed by atoms with Crippen LogP contribution in [0.15, 0.2) is 0 Å². The standard InChI is InChI=1S/C16H30.CH4O/c1-2-3-7-14-10-12-16(13-11-14)15-8-5-4-6-9-15;1-2/h14-16H,2-13H2,1H3;2H,1H3. The first-order valence-electron chi connectivity index (χ1n) is 8.35. The van der Waals surface area contributed by atoms with E-state index in [-0.39, 0.29) is 0 Å². The third-order valence-electron chi connectivity index (χ3n) is 5.17. The predicted octanol–water partition coefficient (Wildman–Crippen LogP) is 5.17. The average molecular weight is 254 g/mol. The van der Waals surface area contributed by atoms with Crippen molar-refractivity contribution in [1.29, 1.82) is 0 Å². The van der Waals surface area contributed by atoms with Crippen molar-refractivity contribution in [1.82, 2.24) is 0 Å². The van der Waals surface area contributed by atoms with Gasteiger partial charge in [-0.1, -0.05) is 71.1 Å². The van der Waals surface area contributed by atoms with Crippen LogP contribution in [0.1, 0.15) is 84.0 Å². The molecular formula is C17H34O. The summed E-state index contributed by atoms with van der Waals surface area (Å²) in [4.78, 5) is 0. The molecule has 0 aromatic heterocycles. The van der Waals surface area contributed by atoms with Gasteiger partial charge >= 0.3 is 0 Å². The fourth-order valence-corrected chi connectivity index (χ4v) is 4.05. The molecule has 1 nitrogen and oxygen atoms in total. The topological polar surface area (TPSA) is 20.2 Å². The predicted molar refractivity (Wildman–Crippen MR) is 79.7 cm³/mol. The van der Waals surface area contributed by atoms with Gasteiger partial charge in [0, 0.05) is 7.11 Å². The highest BCUT2D eigenvalue weighted by atomic mass is 16.2. The summed E-state index contributed by atoms with van der Waals surface area (Å²) in [6, 6.07) is 0. The molecule has 0 unspecified atom stereocenters. The van der Waals surface area contributed by atoms with E-state index < -0.39 is 0 Å². The zero-order valence-electron chi connectivity index (χ0n) is 12.7. The summed E-state index contributed by atoms with van der Waals surface area (Å²) < 4.78 is 0. The van der Waals surface area contributed by atoms with Crippen LogP contribution in [0.4, 0.5) is 0 Å². The molecule has 2 aliphatic carbocycles. The van der Waals surface area contributed by atoms with E-state index in [1.165, 1.54) is 38.5 Å². The Morgan fingerprint density at radius 3 is 1.89 bits per heavy atom. The summed E-state index contributed by atoms with van der Waals surface area (Å²) in [7, 11) is 1.00. The van der Waals surface area contributed by atoms with E-state index in [0.717, 1.165) is 24.9 Å². The molecule has 0 heterocycles. The van der Waals surface area contributed by atoms with E-state index in [4.69, 9.17) is 5.11 Å². The molecule has 2 aliphatic rings. The largest absolute Gasteiger partial charge is 0.400 e. The van der Waals surface area contributed by atoms with E-state index in [0.29, 0.717) is 0 Å². The lowest BCUT2D eigenvalue weighted by Crippen LogP contribution is -2.23. The molecule has 0 radical (unpaired) electrons. The number of hydrogen-bond donors (Lipinski definition) is 1. The molecule has 2 fully saturated rings. The summed E-state index contributed by atoms with van der Waals surface area (Å²) in [5.74, 6) is 3.35. The van der Waals surface area contributed by atoms with Crippen LogP contribution in [-0.2, 0) is 0 Å². The van der Waals surface area contributed by atoms with E-state index in [2.05, 4.69) is 6.92 Å². The Kier molecular flexibility index (Phi) is 8.75. The molecular weight excluding hydrogens is 220 g/mol. The highest BCUT2D eigenvalue weighted by Gasteiger charge is 2.27. The first kappa shape index (κ1) is 16.0. The summed E-state index contributed by atoms with van der Waals surface area (Å²) >= 11 is 0. The van der Waals surface area contributed by atoms with Gasteiger partial charge in [-0.3, -0.25) is 0 Å². The molecule has 0 aliphatic heterocycles. The number of rotatable bonds is 4. The van der Waals surface area contributed by atoms with Gasteiger partial charge in [0.1, 0.15) is 0 Å². The third-order valence-corrected chi connectivity index (χ3v) is 5.17. The molecule has 0 aromatic carbocycles. The summed E-state index contributed by atoms with van der Waals surface area (Å²) in [5.41, 5.74) is 0. The van der Waals surface area contributed by atoms with Gasteiger partial charge in [-0.15, -0.1) is 0 Å². The summed E-state index contributed by atoms with van der Waals surface area (Å²) in [5, 5.41) is 7.00. The van der Waals surface area contributed by atoms with Gasteiger partial charge in [0.2, 0.25) is 0 Å². The van der Waals surface area contributed by atoms with Crippen LogP contribution < -0.4 is 0 Å². The molecule has 18 heavy (non-hydrogen) atoms. The van der Waals surface area contributed by atoms with Crippen molar-refractivity contribution < 1.29 is 5.11 Å². The molecule has 2 saturated carbocycles. The van der Waals surface area contributed by atoms with Gasteiger partial charge in [-0.05, 0) is 30.6 Å². The molecule has 2 rings (SSSR count). The Hall–Kier alpha value is -0.0400. The van der Waals surface area contributed by atoms with Crippen LogP contribution in [0, 0.1) is 17.8 Å². The number of aliphatic hydroxyl groups excluding tert-OH is 1. The van der Waals surface area contributed by atoms with E-state index in [1.54, 1.807) is 38.5 Å². The van der Waals surface area contributed by atoms with Gasteiger partial charge in [0.15, 0.2) is 0 Å². The van der Waals surface area contributed by atoms with Crippen LogP contribution in [0.3, 0.4) is 0 Å². The first-order valence-corrected chi connectivity index (χ1v) is 8.35. The van der Waals surface area contributed by atoms with Crippen LogP contribution >= 0.6 is 0 Å². The Morgan fingerprint density at radius 1 is 0.778 bits per heavy atom. The monoisotopic (exact) mass is 254 g/mol. The third kappa shape index (κ3) is 5.30. The van der Waals surface area contributed by atoms with Crippen molar-refractivity contribution in [2.75, 3.05) is 7.11 Å². The molecule has 0 amide bonds. The maximum Gasteiger partial charge on any atom is 0.0319 e. The fraction of sp³-hybridized carbons (Fsp3) is 1.00. The van der Waals surface area contributed by atoms with Crippen molar-refractivity contribution in [3.05, 3.63) is 0 Å². The Bertz CT molecular complexity index is 176. The fourth-order valence-electron chi connectivity index (χ4n) is 4.05. The second-order valence-corrected chi connectivity index (χ2v) is 6.32. The highest BCUT2D eigenvalue weighted by Crippen LogP contribution is 2.40. The average Bonchev–Trinajstić information content (AvgIpc) is 2.49. The SMILES string of the molecule is CCCCC1CCC(C2CCCCC2)CC1.CO. The zero-order chi connectivity index (χ0) is 13.2. The number of aliphatic hydroxyl groups is 1. The van der Waals surface area contributed by atoms with Crippen LogP contribution in [0.2, 0.25) is 0 Å². The van der Waals surface area contributed by atoms with E-state index in [1.807, 2.05) is 0 Å². The Morgan fingerprint density at radius 2 is 1.33 bits per heavy atom. The van der Waals surface area contributed by atoms with E-state index in [9.17, 15) is 0 Å². The molecule has 1 heteroatoms. The minimum Gasteiger partial charge on any atom is -0.400 e. The Balaban J connectivity index is 0.000000771. The smallest absolute Gasteiger partial charge is 0.0319 e. The normalized spacial score (nSPS) is 29.5. The molecule has 1 N–H and O–H groups in total. The van der Waals surface area contributed by atoms with Crippen molar-refractivity contribution in [3.63, 3.8) is 0 Å². The maximum absolute atomic E-state index is 7.00. The number of unbranched alkanes of at least 4 members (excludes halogenated alkanes) is 1. The van der Waals surface area contributed by atoms with Gasteiger partial charge in [-0.25, -0.2) is 0 Å². The van der Waals surface area contributed by atoms with E-state index >= 15 is 0 Å². The van der Waals surface area contributed by atoms with Gasteiger partial charge < -0.3 is 5.11 Å². The maximum atomic E-state index is 7.00. The molecule has 0 aromatic rings. The lowest BCUT2D eigenvalue weighted by molar-refractivity contribution is 0.162. The highest BCUT2D eigenvalue weighted by molar-refractivity contribution is 4.79. The lowest BCUT2D eigenvalue weighted by Gasteiger charge is -2.35.